The SMILES string of the molecule is COCCOc1ncc2[nH]c(=O)n(Cc3ccc(C(C)(C)N4CCCC4)cc3)c2n1. The molecular weight excluding hydrogens is 382 g/mol. The monoisotopic (exact) mass is 411 g/mol. The van der Waals surface area contributed by atoms with Gasteiger partial charge >= 0.3 is 11.7 Å². The molecule has 0 unspecified atom stereocenters. The normalized spacial score (nSPS) is 15.2. The molecule has 30 heavy (non-hydrogen) atoms. The van der Waals surface area contributed by atoms with Crippen LogP contribution in [-0.4, -0.2) is 57.8 Å². The van der Waals surface area contributed by atoms with Crippen LogP contribution in [0, 0.1) is 0 Å². The second kappa shape index (κ2) is 8.57. The van der Waals surface area contributed by atoms with Crippen LogP contribution in [0.1, 0.15) is 37.8 Å². The fourth-order valence-electron chi connectivity index (χ4n) is 4.02. The van der Waals surface area contributed by atoms with Gasteiger partial charge in [-0.05, 0) is 50.9 Å². The summed E-state index contributed by atoms with van der Waals surface area (Å²) >= 11 is 0. The molecule has 1 aliphatic heterocycles. The summed E-state index contributed by atoms with van der Waals surface area (Å²) in [4.78, 5) is 26.4. The van der Waals surface area contributed by atoms with Crippen LogP contribution in [0.25, 0.3) is 11.2 Å². The molecule has 0 aliphatic carbocycles. The number of fused-ring (bicyclic) bond motifs is 1. The van der Waals surface area contributed by atoms with Crippen molar-refractivity contribution in [3.63, 3.8) is 0 Å². The summed E-state index contributed by atoms with van der Waals surface area (Å²) in [6.07, 6.45) is 4.11. The van der Waals surface area contributed by atoms with E-state index in [2.05, 4.69) is 58.0 Å². The highest BCUT2D eigenvalue weighted by Crippen LogP contribution is 2.31. The average molecular weight is 412 g/mol. The Labute approximate surface area is 175 Å². The van der Waals surface area contributed by atoms with Crippen LogP contribution < -0.4 is 10.4 Å². The summed E-state index contributed by atoms with van der Waals surface area (Å²) in [6, 6.07) is 8.75. The number of nitrogens with zero attached hydrogens (tertiary/aromatic N) is 4. The molecule has 0 amide bonds. The van der Waals surface area contributed by atoms with Gasteiger partial charge < -0.3 is 14.5 Å². The Hall–Kier alpha value is -2.71. The highest BCUT2D eigenvalue weighted by Gasteiger charge is 2.30. The van der Waals surface area contributed by atoms with Crippen molar-refractivity contribution in [1.29, 1.82) is 0 Å². The van der Waals surface area contributed by atoms with Gasteiger partial charge in [-0.25, -0.2) is 9.78 Å². The van der Waals surface area contributed by atoms with Crippen LogP contribution in [0.2, 0.25) is 0 Å². The number of aromatic amines is 1. The lowest BCUT2D eigenvalue weighted by molar-refractivity contribution is 0.141. The van der Waals surface area contributed by atoms with Gasteiger partial charge in [-0.15, -0.1) is 0 Å². The average Bonchev–Trinajstić information content (AvgIpc) is 3.38. The van der Waals surface area contributed by atoms with Crippen LogP contribution in [0.3, 0.4) is 0 Å². The van der Waals surface area contributed by atoms with Crippen LogP contribution in [0.5, 0.6) is 6.01 Å². The third-order valence-corrected chi connectivity index (χ3v) is 5.91. The fraction of sp³-hybridized carbons (Fsp3) is 0.500. The first kappa shape index (κ1) is 20.6. The molecule has 1 saturated heterocycles. The van der Waals surface area contributed by atoms with Crippen molar-refractivity contribution in [3.05, 3.63) is 52.1 Å². The summed E-state index contributed by atoms with van der Waals surface area (Å²) in [6.45, 7) is 8.07. The number of H-pyrrole nitrogens is 1. The van der Waals surface area contributed by atoms with Gasteiger partial charge in [0.25, 0.3) is 0 Å². The first-order valence-electron chi connectivity index (χ1n) is 10.4. The number of methoxy groups -OCH3 is 1. The Balaban J connectivity index is 1.55. The number of likely N-dealkylation sites (tertiary alicyclic amines) is 1. The number of nitrogens with one attached hydrogen (secondary N) is 1. The van der Waals surface area contributed by atoms with E-state index in [0.717, 1.165) is 18.7 Å². The minimum atomic E-state index is -0.213. The highest BCUT2D eigenvalue weighted by molar-refractivity contribution is 5.69. The minimum absolute atomic E-state index is 0.00825. The van der Waals surface area contributed by atoms with Crippen LogP contribution in [-0.2, 0) is 16.8 Å². The van der Waals surface area contributed by atoms with Gasteiger partial charge in [-0.1, -0.05) is 24.3 Å². The van der Waals surface area contributed by atoms with Gasteiger partial charge in [-0.3, -0.25) is 9.47 Å². The number of imidazole rings is 1. The summed E-state index contributed by atoms with van der Waals surface area (Å²) < 4.78 is 12.1. The van der Waals surface area contributed by atoms with Crippen LogP contribution in [0.15, 0.2) is 35.3 Å². The van der Waals surface area contributed by atoms with Gasteiger partial charge in [0.15, 0.2) is 5.65 Å². The molecule has 1 aliphatic rings. The second-order valence-electron chi connectivity index (χ2n) is 8.20. The smallest absolute Gasteiger partial charge is 0.328 e. The Morgan fingerprint density at radius 3 is 2.57 bits per heavy atom. The minimum Gasteiger partial charge on any atom is -0.461 e. The van der Waals surface area contributed by atoms with E-state index in [1.54, 1.807) is 17.9 Å². The van der Waals surface area contributed by atoms with E-state index in [-0.39, 0.29) is 17.2 Å². The Morgan fingerprint density at radius 1 is 1.13 bits per heavy atom. The van der Waals surface area contributed by atoms with Gasteiger partial charge in [0, 0.05) is 12.6 Å². The number of hydrogen-bond donors (Lipinski definition) is 1. The second-order valence-corrected chi connectivity index (χ2v) is 8.20. The number of benzene rings is 1. The molecular formula is C22H29N5O3. The van der Waals surface area contributed by atoms with Crippen LogP contribution >= 0.6 is 0 Å². The van der Waals surface area contributed by atoms with Crippen molar-refractivity contribution < 1.29 is 9.47 Å². The van der Waals surface area contributed by atoms with E-state index >= 15 is 0 Å². The van der Waals surface area contributed by atoms with E-state index in [1.807, 2.05) is 0 Å². The molecule has 1 fully saturated rings. The number of aromatic nitrogens is 4. The summed E-state index contributed by atoms with van der Waals surface area (Å²) in [5.74, 6) is 0. The molecule has 0 spiro atoms. The molecule has 1 aromatic carbocycles. The van der Waals surface area contributed by atoms with Crippen molar-refractivity contribution in [2.45, 2.75) is 38.8 Å². The van der Waals surface area contributed by atoms with Crippen molar-refractivity contribution in [1.82, 2.24) is 24.4 Å². The lowest BCUT2D eigenvalue weighted by Crippen LogP contribution is -2.39. The molecule has 3 heterocycles. The summed E-state index contributed by atoms with van der Waals surface area (Å²) in [5.41, 5.74) is 3.24. The Kier molecular flexibility index (Phi) is 5.87. The number of rotatable bonds is 8. The molecule has 0 bridgehead atoms. The Morgan fingerprint density at radius 2 is 1.87 bits per heavy atom. The molecule has 4 rings (SSSR count). The Bertz CT molecular complexity index is 1050. The number of hydrogen-bond acceptors (Lipinski definition) is 6. The molecule has 8 heteroatoms. The van der Waals surface area contributed by atoms with E-state index in [1.165, 1.54) is 18.4 Å². The predicted molar refractivity (Wildman–Crippen MR) is 115 cm³/mol. The van der Waals surface area contributed by atoms with E-state index in [4.69, 9.17) is 9.47 Å². The molecule has 8 nitrogen and oxygen atoms in total. The van der Waals surface area contributed by atoms with Crippen molar-refractivity contribution in [3.8, 4) is 6.01 Å². The van der Waals surface area contributed by atoms with Crippen LogP contribution in [0.4, 0.5) is 0 Å². The van der Waals surface area contributed by atoms with Gasteiger partial charge in [0.05, 0.1) is 19.3 Å². The summed E-state index contributed by atoms with van der Waals surface area (Å²) in [5, 5.41) is 0. The molecule has 0 radical (unpaired) electrons. The fourth-order valence-corrected chi connectivity index (χ4v) is 4.02. The maximum Gasteiger partial charge on any atom is 0.328 e. The molecule has 160 valence electrons. The van der Waals surface area contributed by atoms with Crippen molar-refractivity contribution in [2.75, 3.05) is 33.4 Å². The maximum atomic E-state index is 12.5. The molecule has 3 aromatic rings. The molecule has 1 N–H and O–H groups in total. The number of ether oxygens (including phenoxy) is 2. The van der Waals surface area contributed by atoms with Gasteiger partial charge in [0.2, 0.25) is 0 Å². The third kappa shape index (κ3) is 4.11. The first-order valence-corrected chi connectivity index (χ1v) is 10.4. The van der Waals surface area contributed by atoms with E-state index in [0.29, 0.717) is 30.9 Å². The maximum absolute atomic E-state index is 12.5. The quantitative estimate of drug-likeness (QED) is 0.574. The molecule has 2 aromatic heterocycles. The largest absolute Gasteiger partial charge is 0.461 e. The van der Waals surface area contributed by atoms with Crippen molar-refractivity contribution in [2.24, 2.45) is 0 Å². The first-order chi connectivity index (χ1) is 14.5. The van der Waals surface area contributed by atoms with E-state index < -0.39 is 0 Å². The lowest BCUT2D eigenvalue weighted by atomic mass is 9.92. The van der Waals surface area contributed by atoms with Gasteiger partial charge in [-0.2, -0.15) is 4.98 Å². The topological polar surface area (TPSA) is 85.3 Å². The zero-order chi connectivity index (χ0) is 21.1. The highest BCUT2D eigenvalue weighted by atomic mass is 16.5. The summed E-state index contributed by atoms with van der Waals surface area (Å²) in [7, 11) is 1.61. The standard InChI is InChI=1S/C22H29N5O3/c1-22(2,26-10-4-5-11-26)17-8-6-16(7-9-17)15-27-19-18(24-21(27)28)14-23-20(25-19)30-13-12-29-3/h6-9,14H,4-5,10-13,15H2,1-3H3,(H,24,28). The van der Waals surface area contributed by atoms with Crippen molar-refractivity contribution >= 4 is 11.2 Å². The van der Waals surface area contributed by atoms with Gasteiger partial charge in [0.1, 0.15) is 12.1 Å². The zero-order valence-corrected chi connectivity index (χ0v) is 17.9. The third-order valence-electron chi connectivity index (χ3n) is 5.91. The lowest BCUT2D eigenvalue weighted by Gasteiger charge is -2.36. The van der Waals surface area contributed by atoms with E-state index in [9.17, 15) is 4.79 Å². The zero-order valence-electron chi connectivity index (χ0n) is 17.9. The predicted octanol–water partition coefficient (Wildman–Crippen LogP) is 2.52. The molecule has 0 saturated carbocycles. The molecule has 0 atom stereocenters.